The van der Waals surface area contributed by atoms with Crippen molar-refractivity contribution in [3.05, 3.63) is 46.2 Å². The lowest BCUT2D eigenvalue weighted by Gasteiger charge is -2.35. The molecule has 1 aromatic carbocycles. The number of benzene rings is 1. The Hall–Kier alpha value is -1.94. The Bertz CT molecular complexity index is 732. The second-order valence-corrected chi connectivity index (χ2v) is 7.27. The Kier molecular flexibility index (Phi) is 5.14. The van der Waals surface area contributed by atoms with Gasteiger partial charge in [-0.1, -0.05) is 19.1 Å². The summed E-state index contributed by atoms with van der Waals surface area (Å²) < 4.78 is 0. The molecular weight excluding hydrogens is 318 g/mol. The van der Waals surface area contributed by atoms with E-state index in [4.69, 9.17) is 0 Å². The summed E-state index contributed by atoms with van der Waals surface area (Å²) in [6.07, 6.45) is 4.43. The van der Waals surface area contributed by atoms with Crippen molar-refractivity contribution in [2.24, 2.45) is 0 Å². The van der Waals surface area contributed by atoms with E-state index in [0.717, 1.165) is 47.4 Å². The molecule has 3 rings (SSSR count). The summed E-state index contributed by atoms with van der Waals surface area (Å²) in [5.41, 5.74) is 2.68. The number of carbonyl (C=O) groups excluding carboxylic acids is 2. The molecule has 3 nitrogen and oxygen atoms in total. The molecule has 0 N–H and O–H groups in total. The lowest BCUT2D eigenvalue weighted by Crippen LogP contribution is -2.43. The number of ketones is 1. The van der Waals surface area contributed by atoms with Crippen LogP contribution >= 0.6 is 11.3 Å². The van der Waals surface area contributed by atoms with Crippen LogP contribution in [0, 0.1) is 0 Å². The molecule has 1 atom stereocenters. The van der Waals surface area contributed by atoms with Gasteiger partial charge >= 0.3 is 0 Å². The Labute approximate surface area is 147 Å². The Balaban J connectivity index is 1.82. The summed E-state index contributed by atoms with van der Waals surface area (Å²) in [4.78, 5) is 27.3. The zero-order chi connectivity index (χ0) is 17.1. The predicted octanol–water partition coefficient (Wildman–Crippen LogP) is 5.02. The van der Waals surface area contributed by atoms with Gasteiger partial charge in [0, 0.05) is 23.7 Å². The maximum Gasteiger partial charge on any atom is 0.254 e. The number of Topliss-reactive ketones (excluding diaryl/α,β-unsaturated/α-hetero) is 1. The number of amides is 1. The first-order chi connectivity index (χ1) is 11.6. The molecule has 1 aromatic heterocycles. The fourth-order valence-electron chi connectivity index (χ4n) is 3.46. The molecule has 1 aliphatic heterocycles. The van der Waals surface area contributed by atoms with E-state index < -0.39 is 0 Å². The minimum Gasteiger partial charge on any atom is -0.336 e. The number of carbonyl (C=O) groups is 2. The van der Waals surface area contributed by atoms with Crippen molar-refractivity contribution < 1.29 is 9.59 Å². The van der Waals surface area contributed by atoms with Crippen LogP contribution in [0.5, 0.6) is 0 Å². The van der Waals surface area contributed by atoms with E-state index >= 15 is 0 Å². The van der Waals surface area contributed by atoms with Gasteiger partial charge in [-0.3, -0.25) is 9.59 Å². The molecule has 1 amide bonds. The molecule has 0 spiro atoms. The second kappa shape index (κ2) is 7.31. The van der Waals surface area contributed by atoms with Crippen molar-refractivity contribution in [3.8, 4) is 11.1 Å². The van der Waals surface area contributed by atoms with Gasteiger partial charge in [-0.25, -0.2) is 0 Å². The van der Waals surface area contributed by atoms with Crippen molar-refractivity contribution in [2.45, 2.75) is 45.6 Å². The first-order valence-electron chi connectivity index (χ1n) is 8.61. The van der Waals surface area contributed by atoms with Crippen molar-refractivity contribution in [1.29, 1.82) is 0 Å². The molecule has 1 aliphatic rings. The minimum atomic E-state index is 0.0826. The van der Waals surface area contributed by atoms with E-state index in [1.54, 1.807) is 6.92 Å². The van der Waals surface area contributed by atoms with Crippen LogP contribution in [-0.2, 0) is 0 Å². The standard InChI is InChI=1S/C20H23NO2S/c1-3-17-6-4-5-12-21(17)20(23)16-9-7-15(8-10-16)18-11-13-24-19(18)14(2)22/h7-11,13,17H,3-6,12H2,1-2H3. The van der Waals surface area contributed by atoms with Crippen molar-refractivity contribution in [2.75, 3.05) is 6.54 Å². The third-order valence-electron chi connectivity index (χ3n) is 4.79. The molecule has 4 heteroatoms. The molecule has 0 saturated carbocycles. The maximum atomic E-state index is 12.8. The van der Waals surface area contributed by atoms with Gasteiger partial charge in [0.1, 0.15) is 0 Å². The number of nitrogens with zero attached hydrogens (tertiary/aromatic N) is 1. The van der Waals surface area contributed by atoms with Gasteiger partial charge in [0.2, 0.25) is 0 Å². The lowest BCUT2D eigenvalue weighted by molar-refractivity contribution is 0.0608. The second-order valence-electron chi connectivity index (χ2n) is 6.35. The summed E-state index contributed by atoms with van der Waals surface area (Å²) >= 11 is 1.46. The Morgan fingerprint density at radius 3 is 2.58 bits per heavy atom. The Morgan fingerprint density at radius 1 is 1.17 bits per heavy atom. The monoisotopic (exact) mass is 341 g/mol. The molecular formula is C20H23NO2S. The summed E-state index contributed by atoms with van der Waals surface area (Å²) in [5.74, 6) is 0.212. The highest BCUT2D eigenvalue weighted by molar-refractivity contribution is 7.12. The zero-order valence-corrected chi connectivity index (χ0v) is 15.1. The van der Waals surface area contributed by atoms with Gasteiger partial charge in [-0.2, -0.15) is 0 Å². The quantitative estimate of drug-likeness (QED) is 0.732. The van der Waals surface area contributed by atoms with Gasteiger partial charge in [0.15, 0.2) is 5.78 Å². The first kappa shape index (κ1) is 16.9. The molecule has 2 aromatic rings. The average molecular weight is 341 g/mol. The largest absolute Gasteiger partial charge is 0.336 e. The van der Waals surface area contributed by atoms with Crippen LogP contribution in [0.4, 0.5) is 0 Å². The number of piperidine rings is 1. The fraction of sp³-hybridized carbons (Fsp3) is 0.400. The van der Waals surface area contributed by atoms with Gasteiger partial charge in [0.05, 0.1) is 4.88 Å². The Morgan fingerprint density at radius 2 is 1.92 bits per heavy atom. The highest BCUT2D eigenvalue weighted by Gasteiger charge is 2.26. The van der Waals surface area contributed by atoms with E-state index in [-0.39, 0.29) is 11.7 Å². The third kappa shape index (κ3) is 3.29. The molecule has 0 aliphatic carbocycles. The van der Waals surface area contributed by atoms with Gasteiger partial charge in [-0.05, 0) is 61.7 Å². The highest BCUT2D eigenvalue weighted by Crippen LogP contribution is 2.29. The maximum absolute atomic E-state index is 12.8. The van der Waals surface area contributed by atoms with E-state index in [0.29, 0.717) is 6.04 Å². The van der Waals surface area contributed by atoms with Crippen molar-refractivity contribution in [1.82, 2.24) is 4.90 Å². The van der Waals surface area contributed by atoms with E-state index in [1.165, 1.54) is 17.8 Å². The normalized spacial score (nSPS) is 17.8. The highest BCUT2D eigenvalue weighted by atomic mass is 32.1. The van der Waals surface area contributed by atoms with Crippen LogP contribution in [0.25, 0.3) is 11.1 Å². The number of likely N-dealkylation sites (tertiary alicyclic amines) is 1. The lowest BCUT2D eigenvalue weighted by atomic mass is 9.98. The smallest absolute Gasteiger partial charge is 0.254 e. The van der Waals surface area contributed by atoms with E-state index in [2.05, 4.69) is 6.92 Å². The van der Waals surface area contributed by atoms with Gasteiger partial charge < -0.3 is 4.90 Å². The van der Waals surface area contributed by atoms with Crippen molar-refractivity contribution in [3.63, 3.8) is 0 Å². The fourth-order valence-corrected chi connectivity index (χ4v) is 4.28. The van der Waals surface area contributed by atoms with Crippen LogP contribution in [0.15, 0.2) is 35.7 Å². The van der Waals surface area contributed by atoms with Crippen LogP contribution < -0.4 is 0 Å². The number of hydrogen-bond donors (Lipinski definition) is 0. The molecule has 0 radical (unpaired) electrons. The number of hydrogen-bond acceptors (Lipinski definition) is 3. The van der Waals surface area contributed by atoms with Crippen LogP contribution in [0.1, 0.15) is 59.6 Å². The van der Waals surface area contributed by atoms with E-state index in [9.17, 15) is 9.59 Å². The zero-order valence-electron chi connectivity index (χ0n) is 14.2. The minimum absolute atomic E-state index is 0.0826. The number of thiophene rings is 1. The van der Waals surface area contributed by atoms with Crippen molar-refractivity contribution >= 4 is 23.0 Å². The summed E-state index contributed by atoms with van der Waals surface area (Å²) in [7, 11) is 0. The summed E-state index contributed by atoms with van der Waals surface area (Å²) in [5, 5.41) is 1.94. The molecule has 1 unspecified atom stereocenters. The molecule has 1 saturated heterocycles. The molecule has 24 heavy (non-hydrogen) atoms. The summed E-state index contributed by atoms with van der Waals surface area (Å²) in [6.45, 7) is 4.60. The topological polar surface area (TPSA) is 37.4 Å². The summed E-state index contributed by atoms with van der Waals surface area (Å²) in [6, 6.07) is 10.0. The molecule has 0 bridgehead atoms. The van der Waals surface area contributed by atoms with Gasteiger partial charge in [-0.15, -0.1) is 11.3 Å². The third-order valence-corrected chi connectivity index (χ3v) is 5.80. The molecule has 2 heterocycles. The number of rotatable bonds is 4. The molecule has 126 valence electrons. The van der Waals surface area contributed by atoms with E-state index in [1.807, 2.05) is 40.6 Å². The van der Waals surface area contributed by atoms with Crippen LogP contribution in [-0.4, -0.2) is 29.2 Å². The SMILES string of the molecule is CCC1CCCCN1C(=O)c1ccc(-c2ccsc2C(C)=O)cc1. The predicted molar refractivity (Wildman–Crippen MR) is 98.7 cm³/mol. The average Bonchev–Trinajstić information content (AvgIpc) is 3.11. The van der Waals surface area contributed by atoms with Crippen LogP contribution in [0.2, 0.25) is 0 Å². The van der Waals surface area contributed by atoms with Crippen LogP contribution in [0.3, 0.4) is 0 Å². The molecule has 1 fully saturated rings. The first-order valence-corrected chi connectivity index (χ1v) is 9.49. The van der Waals surface area contributed by atoms with Gasteiger partial charge in [0.25, 0.3) is 5.91 Å².